The minimum Gasteiger partial charge on any atom is -0.408 e. The first-order valence-electron chi connectivity index (χ1n) is 6.17. The molecule has 0 saturated carbocycles. The van der Waals surface area contributed by atoms with Crippen molar-refractivity contribution in [2.75, 3.05) is 17.2 Å². The van der Waals surface area contributed by atoms with E-state index >= 15 is 0 Å². The maximum Gasteiger partial charge on any atom is 0.417 e. The molecule has 2 heterocycles. The number of hydrogen-bond donors (Lipinski definition) is 1. The third-order valence-corrected chi connectivity index (χ3v) is 4.23. The second kappa shape index (κ2) is 4.69. The summed E-state index contributed by atoms with van der Waals surface area (Å²) in [7, 11) is -4.61. The van der Waals surface area contributed by atoms with E-state index in [9.17, 15) is 21.9 Å². The van der Waals surface area contributed by atoms with Gasteiger partial charge in [0.2, 0.25) is 5.91 Å². The summed E-state index contributed by atoms with van der Waals surface area (Å²) in [4.78, 5) is 26.8. The quantitative estimate of drug-likeness (QED) is 0.844. The molecule has 1 saturated heterocycles. The third kappa shape index (κ3) is 2.82. The molecule has 7 nitrogen and oxygen atoms in total. The Labute approximate surface area is 118 Å². The number of nitrogens with zero attached hydrogens (tertiary/aromatic N) is 1. The van der Waals surface area contributed by atoms with Crippen LogP contribution in [0.2, 0.25) is 0 Å². The van der Waals surface area contributed by atoms with Gasteiger partial charge in [0.15, 0.2) is 5.58 Å². The van der Waals surface area contributed by atoms with Gasteiger partial charge in [-0.2, -0.15) is 8.42 Å². The Balaban J connectivity index is 1.88. The molecule has 1 aromatic carbocycles. The van der Waals surface area contributed by atoms with Gasteiger partial charge in [0.25, 0.3) is 0 Å². The van der Waals surface area contributed by atoms with Gasteiger partial charge in [0.1, 0.15) is 0 Å². The standard InChI is InChI=1S/C12H11FN2O5S/c13-21(18,19)6-7-3-11(16)15(5-7)8-1-2-9-10(4-8)20-12(17)14-9/h1-2,4,7H,3,5-6H2,(H,14,17). The lowest BCUT2D eigenvalue weighted by atomic mass is 10.1. The van der Waals surface area contributed by atoms with Crippen LogP contribution in [-0.2, 0) is 15.0 Å². The van der Waals surface area contributed by atoms with E-state index in [1.807, 2.05) is 0 Å². The molecule has 0 bridgehead atoms. The number of nitrogens with one attached hydrogen (secondary N) is 1. The summed E-state index contributed by atoms with van der Waals surface area (Å²) in [5.41, 5.74) is 1.28. The molecular formula is C12H11FN2O5S. The summed E-state index contributed by atoms with van der Waals surface area (Å²) in [6.07, 6.45) is -0.0295. The van der Waals surface area contributed by atoms with E-state index in [1.54, 1.807) is 12.1 Å². The van der Waals surface area contributed by atoms with Gasteiger partial charge in [0.05, 0.1) is 11.3 Å². The van der Waals surface area contributed by atoms with E-state index in [4.69, 9.17) is 4.42 Å². The third-order valence-electron chi connectivity index (χ3n) is 3.36. The van der Waals surface area contributed by atoms with Crippen molar-refractivity contribution in [3.63, 3.8) is 0 Å². The van der Waals surface area contributed by atoms with Gasteiger partial charge in [-0.05, 0) is 12.1 Å². The number of aromatic nitrogens is 1. The normalized spacial score (nSPS) is 19.6. The number of carbonyl (C=O) groups excluding carboxylic acids is 1. The van der Waals surface area contributed by atoms with E-state index in [0.717, 1.165) is 0 Å². The fourth-order valence-corrected chi connectivity index (χ4v) is 3.31. The van der Waals surface area contributed by atoms with Gasteiger partial charge in [-0.25, -0.2) is 4.79 Å². The van der Waals surface area contributed by atoms with Crippen molar-refractivity contribution in [1.82, 2.24) is 4.98 Å². The molecule has 0 spiro atoms. The highest BCUT2D eigenvalue weighted by molar-refractivity contribution is 7.86. The number of oxazole rings is 1. The second-order valence-electron chi connectivity index (χ2n) is 4.97. The number of amides is 1. The van der Waals surface area contributed by atoms with Crippen molar-refractivity contribution in [2.24, 2.45) is 5.92 Å². The Morgan fingerprint density at radius 3 is 2.86 bits per heavy atom. The average molecular weight is 314 g/mol. The van der Waals surface area contributed by atoms with Gasteiger partial charge in [-0.15, -0.1) is 3.89 Å². The molecule has 1 fully saturated rings. The molecule has 1 aromatic heterocycles. The van der Waals surface area contributed by atoms with Crippen LogP contribution >= 0.6 is 0 Å². The molecule has 1 amide bonds. The molecule has 21 heavy (non-hydrogen) atoms. The Bertz CT molecular complexity index is 869. The summed E-state index contributed by atoms with van der Waals surface area (Å²) < 4.78 is 38.9. The van der Waals surface area contributed by atoms with Crippen LogP contribution < -0.4 is 10.7 Å². The monoisotopic (exact) mass is 314 g/mol. The molecule has 1 aliphatic heterocycles. The van der Waals surface area contributed by atoms with E-state index in [2.05, 4.69) is 4.98 Å². The van der Waals surface area contributed by atoms with Crippen molar-refractivity contribution in [3.8, 4) is 0 Å². The van der Waals surface area contributed by atoms with Crippen LogP contribution in [-0.4, -0.2) is 31.6 Å². The number of rotatable bonds is 3. The van der Waals surface area contributed by atoms with E-state index in [0.29, 0.717) is 16.8 Å². The molecule has 3 rings (SSSR count). The first-order chi connectivity index (χ1) is 9.82. The van der Waals surface area contributed by atoms with Gasteiger partial charge in [-0.3, -0.25) is 9.78 Å². The molecule has 1 atom stereocenters. The number of carbonyl (C=O) groups is 1. The van der Waals surface area contributed by atoms with Crippen molar-refractivity contribution >= 4 is 32.9 Å². The predicted octanol–water partition coefficient (Wildman–Crippen LogP) is 0.773. The molecule has 1 aliphatic rings. The zero-order valence-electron chi connectivity index (χ0n) is 10.7. The molecule has 9 heteroatoms. The number of benzene rings is 1. The minimum atomic E-state index is -4.61. The first kappa shape index (κ1) is 13.8. The molecule has 0 radical (unpaired) electrons. The fraction of sp³-hybridized carbons (Fsp3) is 0.333. The van der Waals surface area contributed by atoms with E-state index < -0.39 is 27.7 Å². The second-order valence-corrected chi connectivity index (χ2v) is 6.39. The summed E-state index contributed by atoms with van der Waals surface area (Å²) in [6, 6.07) is 4.71. The van der Waals surface area contributed by atoms with Crippen LogP contribution in [0.3, 0.4) is 0 Å². The highest BCUT2D eigenvalue weighted by Gasteiger charge is 2.33. The maximum absolute atomic E-state index is 12.7. The molecule has 1 N–H and O–H groups in total. The van der Waals surface area contributed by atoms with Crippen molar-refractivity contribution in [2.45, 2.75) is 6.42 Å². The predicted molar refractivity (Wildman–Crippen MR) is 72.2 cm³/mol. The summed E-state index contributed by atoms with van der Waals surface area (Å²) in [5, 5.41) is 0. The Kier molecular flexibility index (Phi) is 3.08. The summed E-state index contributed by atoms with van der Waals surface area (Å²) >= 11 is 0. The van der Waals surface area contributed by atoms with Crippen molar-refractivity contribution in [1.29, 1.82) is 0 Å². The number of H-pyrrole nitrogens is 1. The van der Waals surface area contributed by atoms with Gasteiger partial charge in [-0.1, -0.05) is 0 Å². The Morgan fingerprint density at radius 1 is 1.38 bits per heavy atom. The number of hydrogen-bond acceptors (Lipinski definition) is 5. The lowest BCUT2D eigenvalue weighted by Crippen LogP contribution is -2.25. The van der Waals surface area contributed by atoms with Crippen LogP contribution in [0.5, 0.6) is 0 Å². The lowest BCUT2D eigenvalue weighted by Gasteiger charge is -2.16. The first-order valence-corrected chi connectivity index (χ1v) is 7.73. The highest BCUT2D eigenvalue weighted by atomic mass is 32.3. The van der Waals surface area contributed by atoms with E-state index in [-0.39, 0.29) is 18.9 Å². The van der Waals surface area contributed by atoms with Crippen LogP contribution in [0.1, 0.15) is 6.42 Å². The largest absolute Gasteiger partial charge is 0.417 e. The van der Waals surface area contributed by atoms with Gasteiger partial charge in [0, 0.05) is 30.6 Å². The molecule has 112 valence electrons. The summed E-state index contributed by atoms with van der Waals surface area (Å²) in [6.45, 7) is 0.113. The summed E-state index contributed by atoms with van der Waals surface area (Å²) in [5.74, 6) is -2.14. The maximum atomic E-state index is 12.7. The number of fused-ring (bicyclic) bond motifs is 1. The van der Waals surface area contributed by atoms with E-state index in [1.165, 1.54) is 11.0 Å². The minimum absolute atomic E-state index is 0.0295. The molecule has 0 aliphatic carbocycles. The number of anilines is 1. The highest BCUT2D eigenvalue weighted by Crippen LogP contribution is 2.28. The number of aromatic amines is 1. The Morgan fingerprint density at radius 2 is 2.14 bits per heavy atom. The molecule has 2 aromatic rings. The van der Waals surface area contributed by atoms with Gasteiger partial charge >= 0.3 is 16.0 Å². The fourth-order valence-electron chi connectivity index (χ4n) is 2.53. The smallest absolute Gasteiger partial charge is 0.408 e. The zero-order valence-corrected chi connectivity index (χ0v) is 11.5. The molecular weight excluding hydrogens is 303 g/mol. The van der Waals surface area contributed by atoms with Crippen molar-refractivity contribution in [3.05, 3.63) is 28.7 Å². The molecule has 1 unspecified atom stereocenters. The SMILES string of the molecule is O=C1CC(CS(=O)(=O)F)CN1c1ccc2[nH]c(=O)oc2c1. The lowest BCUT2D eigenvalue weighted by molar-refractivity contribution is -0.117. The Hall–Kier alpha value is -2.16. The van der Waals surface area contributed by atoms with Crippen molar-refractivity contribution < 1.29 is 21.5 Å². The van der Waals surface area contributed by atoms with Crippen LogP contribution in [0.25, 0.3) is 11.1 Å². The van der Waals surface area contributed by atoms with Gasteiger partial charge < -0.3 is 9.32 Å². The van der Waals surface area contributed by atoms with Crippen LogP contribution in [0.4, 0.5) is 9.57 Å². The van der Waals surface area contributed by atoms with Crippen LogP contribution in [0.15, 0.2) is 27.4 Å². The zero-order chi connectivity index (χ0) is 15.2. The topological polar surface area (TPSA) is 100 Å². The number of halogens is 1. The average Bonchev–Trinajstić information content (AvgIpc) is 2.88. The van der Waals surface area contributed by atoms with Crippen LogP contribution in [0, 0.1) is 5.92 Å².